The van der Waals surface area contributed by atoms with Gasteiger partial charge >= 0.3 is 0 Å². The van der Waals surface area contributed by atoms with Gasteiger partial charge in [0.15, 0.2) is 0 Å². The van der Waals surface area contributed by atoms with Gasteiger partial charge in [-0.05, 0) is 62.6 Å². The zero-order chi connectivity index (χ0) is 22.0. The summed E-state index contributed by atoms with van der Waals surface area (Å²) in [5.41, 5.74) is 2.39. The Bertz CT molecular complexity index is 833. The summed E-state index contributed by atoms with van der Waals surface area (Å²) in [6, 6.07) is 12.6. The van der Waals surface area contributed by atoms with E-state index in [4.69, 9.17) is 0 Å². The van der Waals surface area contributed by atoms with E-state index in [1.54, 1.807) is 12.4 Å². The third kappa shape index (κ3) is 7.42. The number of nitrogens with one attached hydrogen (secondary N) is 1. The minimum absolute atomic E-state index is 0.168. The quantitative estimate of drug-likeness (QED) is 0.446. The summed E-state index contributed by atoms with van der Waals surface area (Å²) >= 11 is 0. The van der Waals surface area contributed by atoms with E-state index in [-0.39, 0.29) is 18.1 Å². The van der Waals surface area contributed by atoms with Gasteiger partial charge in [0, 0.05) is 12.4 Å². The number of rotatable bonds is 5. The van der Waals surface area contributed by atoms with Crippen LogP contribution in [0.3, 0.4) is 0 Å². The van der Waals surface area contributed by atoms with Crippen LogP contribution in [0.25, 0.3) is 5.57 Å². The van der Waals surface area contributed by atoms with E-state index in [9.17, 15) is 14.8 Å². The highest BCUT2D eigenvalue weighted by molar-refractivity contribution is 5.95. The Hall–Kier alpha value is -3.03. The number of carbonyl (C=O) groups excluding carboxylic acids is 2. The maximum absolute atomic E-state index is 12.6. The summed E-state index contributed by atoms with van der Waals surface area (Å²) in [7, 11) is 0. The van der Waals surface area contributed by atoms with Crippen molar-refractivity contribution in [1.29, 1.82) is 0 Å². The fraction of sp³-hybridized carbons (Fsp3) is 0.348. The first kappa shape index (κ1) is 23.3. The van der Waals surface area contributed by atoms with Gasteiger partial charge in [0.1, 0.15) is 11.6 Å². The summed E-state index contributed by atoms with van der Waals surface area (Å²) in [4.78, 5) is 26.3. The largest absolute Gasteiger partial charge is 0.462 e. The highest BCUT2D eigenvalue weighted by Crippen LogP contribution is 2.23. The lowest BCUT2D eigenvalue weighted by Gasteiger charge is -2.28. The van der Waals surface area contributed by atoms with Crippen molar-refractivity contribution in [2.75, 3.05) is 6.54 Å². The summed E-state index contributed by atoms with van der Waals surface area (Å²) in [6.45, 7) is 6.80. The average molecular weight is 412 g/mol. The van der Waals surface area contributed by atoms with Gasteiger partial charge in [-0.25, -0.2) is 5.06 Å². The van der Waals surface area contributed by atoms with Crippen molar-refractivity contribution in [2.45, 2.75) is 45.4 Å². The van der Waals surface area contributed by atoms with Crippen LogP contribution >= 0.6 is 0 Å². The Morgan fingerprint density at radius 1 is 1.23 bits per heavy atom. The number of amides is 1. The summed E-state index contributed by atoms with van der Waals surface area (Å²) < 4.78 is 4.55. The van der Waals surface area contributed by atoms with Crippen LogP contribution in [0.2, 0.25) is 0 Å². The molecule has 0 saturated heterocycles. The highest BCUT2D eigenvalue weighted by Gasteiger charge is 2.29. The van der Waals surface area contributed by atoms with Gasteiger partial charge in [-0.3, -0.25) is 19.8 Å². The maximum atomic E-state index is 12.6. The zero-order valence-electron chi connectivity index (χ0n) is 17.6. The standard InChI is InChI=1S/C18H19N3O2.C5H10O2/c22-18(21(23)13-14-5-2-1-3-6-14)17-16(7-4-10-20-17)15-8-11-19-12-9-15;1-5(2,3)7-4-6/h1-3,5-9,11-12,17,20,23H,4,10,13H2;4H,1-3H3. The summed E-state index contributed by atoms with van der Waals surface area (Å²) in [6.07, 6.45) is 6.30. The molecule has 0 aliphatic carbocycles. The Balaban J connectivity index is 0.000000396. The molecular weight excluding hydrogens is 382 g/mol. The van der Waals surface area contributed by atoms with Crippen LogP contribution in [0.15, 0.2) is 60.9 Å². The normalized spacial score (nSPS) is 15.9. The van der Waals surface area contributed by atoms with E-state index in [2.05, 4.69) is 15.0 Å². The predicted octanol–water partition coefficient (Wildman–Crippen LogP) is 3.20. The second-order valence-corrected chi connectivity index (χ2v) is 7.78. The van der Waals surface area contributed by atoms with Crippen LogP contribution in [0.4, 0.5) is 0 Å². The molecule has 1 aromatic carbocycles. The molecule has 7 heteroatoms. The number of hydrogen-bond acceptors (Lipinski definition) is 6. The van der Waals surface area contributed by atoms with E-state index >= 15 is 0 Å². The number of aromatic nitrogens is 1. The summed E-state index contributed by atoms with van der Waals surface area (Å²) in [5.74, 6) is -0.350. The van der Waals surface area contributed by atoms with Crippen LogP contribution in [0.1, 0.15) is 38.3 Å². The molecule has 160 valence electrons. The third-order valence-corrected chi connectivity index (χ3v) is 4.26. The molecule has 1 amide bonds. The molecule has 0 fully saturated rings. The molecule has 0 saturated carbocycles. The molecule has 1 aliphatic heterocycles. The third-order valence-electron chi connectivity index (χ3n) is 4.26. The van der Waals surface area contributed by atoms with Crippen molar-refractivity contribution in [3.8, 4) is 0 Å². The molecule has 30 heavy (non-hydrogen) atoms. The first-order chi connectivity index (χ1) is 14.3. The van der Waals surface area contributed by atoms with Crippen LogP contribution < -0.4 is 5.32 Å². The fourth-order valence-electron chi connectivity index (χ4n) is 2.86. The van der Waals surface area contributed by atoms with Gasteiger partial charge in [0.2, 0.25) is 0 Å². The van der Waals surface area contributed by atoms with Crippen molar-refractivity contribution in [2.24, 2.45) is 0 Å². The number of carbonyl (C=O) groups is 2. The first-order valence-electron chi connectivity index (χ1n) is 9.81. The molecular formula is C23H29N3O4. The smallest absolute Gasteiger partial charge is 0.293 e. The maximum Gasteiger partial charge on any atom is 0.293 e. The zero-order valence-corrected chi connectivity index (χ0v) is 17.6. The predicted molar refractivity (Wildman–Crippen MR) is 114 cm³/mol. The van der Waals surface area contributed by atoms with Gasteiger partial charge in [0.05, 0.1) is 6.54 Å². The minimum atomic E-state index is -0.542. The molecule has 1 unspecified atom stereocenters. The molecule has 1 aliphatic rings. The number of hydroxylamine groups is 2. The lowest BCUT2D eigenvalue weighted by atomic mass is 9.94. The molecule has 0 radical (unpaired) electrons. The van der Waals surface area contributed by atoms with Gasteiger partial charge in [-0.1, -0.05) is 36.4 Å². The topological polar surface area (TPSA) is 91.8 Å². The Kier molecular flexibility index (Phi) is 8.70. The molecule has 7 nitrogen and oxygen atoms in total. The highest BCUT2D eigenvalue weighted by atomic mass is 16.5. The van der Waals surface area contributed by atoms with Crippen LogP contribution in [0, 0.1) is 0 Å². The molecule has 2 aromatic rings. The van der Waals surface area contributed by atoms with Crippen LogP contribution in [0.5, 0.6) is 0 Å². The number of benzene rings is 1. The van der Waals surface area contributed by atoms with Crippen molar-refractivity contribution < 1.29 is 19.5 Å². The number of nitrogens with zero attached hydrogens (tertiary/aromatic N) is 2. The molecule has 2 heterocycles. The Morgan fingerprint density at radius 2 is 1.90 bits per heavy atom. The summed E-state index contributed by atoms with van der Waals surface area (Å²) in [5, 5.41) is 14.2. The lowest BCUT2D eigenvalue weighted by Crippen LogP contribution is -2.47. The van der Waals surface area contributed by atoms with Gasteiger partial charge < -0.3 is 10.1 Å². The first-order valence-corrected chi connectivity index (χ1v) is 9.81. The molecule has 0 spiro atoms. The average Bonchev–Trinajstić information content (AvgIpc) is 2.74. The van der Waals surface area contributed by atoms with Crippen molar-refractivity contribution in [1.82, 2.24) is 15.4 Å². The van der Waals surface area contributed by atoms with E-state index in [1.165, 1.54) is 0 Å². The van der Waals surface area contributed by atoms with Gasteiger partial charge in [-0.2, -0.15) is 0 Å². The van der Waals surface area contributed by atoms with E-state index in [0.717, 1.165) is 28.2 Å². The van der Waals surface area contributed by atoms with Gasteiger partial charge in [-0.15, -0.1) is 0 Å². The van der Waals surface area contributed by atoms with Crippen LogP contribution in [-0.2, 0) is 20.9 Å². The monoisotopic (exact) mass is 411 g/mol. The molecule has 1 aromatic heterocycles. The van der Waals surface area contributed by atoms with Crippen molar-refractivity contribution in [3.63, 3.8) is 0 Å². The lowest BCUT2D eigenvalue weighted by molar-refractivity contribution is -0.168. The minimum Gasteiger partial charge on any atom is -0.462 e. The number of ether oxygens (including phenoxy) is 1. The molecule has 1 atom stereocenters. The molecule has 0 bridgehead atoms. The SMILES string of the molecule is CC(C)(C)OC=O.O=C(C1NCCC=C1c1ccncc1)N(O)Cc1ccccc1. The Labute approximate surface area is 177 Å². The number of pyridine rings is 1. The van der Waals surface area contributed by atoms with Crippen molar-refractivity contribution in [3.05, 3.63) is 72.1 Å². The molecule has 3 rings (SSSR count). The number of hydrogen-bond donors (Lipinski definition) is 2. The van der Waals surface area contributed by atoms with Gasteiger partial charge in [0.25, 0.3) is 12.4 Å². The Morgan fingerprint density at radius 3 is 2.47 bits per heavy atom. The van der Waals surface area contributed by atoms with Crippen molar-refractivity contribution >= 4 is 18.0 Å². The fourth-order valence-corrected chi connectivity index (χ4v) is 2.86. The van der Waals surface area contributed by atoms with E-state index in [1.807, 2.05) is 69.3 Å². The van der Waals surface area contributed by atoms with Crippen LogP contribution in [-0.4, -0.2) is 45.8 Å². The van der Waals surface area contributed by atoms with E-state index in [0.29, 0.717) is 13.0 Å². The molecule has 2 N–H and O–H groups in total. The second-order valence-electron chi connectivity index (χ2n) is 7.78. The van der Waals surface area contributed by atoms with E-state index < -0.39 is 6.04 Å². The second kappa shape index (κ2) is 11.2.